The number of aryl methyl sites for hydroxylation is 2. The van der Waals surface area contributed by atoms with Gasteiger partial charge in [-0.3, -0.25) is 9.89 Å². The van der Waals surface area contributed by atoms with E-state index in [1.807, 2.05) is 49.6 Å². The average Bonchev–Trinajstić information content (AvgIpc) is 3.22. The highest BCUT2D eigenvalue weighted by atomic mass is 16.1. The number of nitrogens with zero attached hydrogens (tertiary/aromatic N) is 3. The number of rotatable bonds is 5. The summed E-state index contributed by atoms with van der Waals surface area (Å²) in [5.74, 6) is -0.146. The maximum Gasteiger partial charge on any atom is 0.272 e. The molecule has 0 radical (unpaired) electrons. The van der Waals surface area contributed by atoms with Gasteiger partial charge in [-0.15, -0.1) is 0 Å². The van der Waals surface area contributed by atoms with E-state index in [0.717, 1.165) is 40.5 Å². The van der Waals surface area contributed by atoms with E-state index >= 15 is 0 Å². The van der Waals surface area contributed by atoms with Crippen LogP contribution in [0.1, 0.15) is 22.5 Å². The van der Waals surface area contributed by atoms with Crippen LogP contribution in [0.5, 0.6) is 0 Å². The van der Waals surface area contributed by atoms with E-state index < -0.39 is 0 Å². The second kappa shape index (κ2) is 6.39. The number of benzene rings is 2. The number of aromatic amines is 1. The normalized spacial score (nSPS) is 11.2. The summed E-state index contributed by atoms with van der Waals surface area (Å²) in [4.78, 5) is 16.8. The maximum absolute atomic E-state index is 12.4. The van der Waals surface area contributed by atoms with Crippen molar-refractivity contribution in [2.75, 3.05) is 6.54 Å². The molecule has 0 fully saturated rings. The van der Waals surface area contributed by atoms with Gasteiger partial charge in [-0.25, -0.2) is 4.98 Å². The van der Waals surface area contributed by atoms with Crippen LogP contribution >= 0.6 is 0 Å². The molecule has 0 atom stereocenters. The number of para-hydroxylation sites is 2. The summed E-state index contributed by atoms with van der Waals surface area (Å²) < 4.78 is 2.11. The number of carbonyl (C=O) groups is 1. The third-order valence-electron chi connectivity index (χ3n) is 4.32. The zero-order valence-electron chi connectivity index (χ0n) is 14.0. The van der Waals surface area contributed by atoms with Crippen molar-refractivity contribution in [3.8, 4) is 0 Å². The standard InChI is InChI=1S/C19H19N5O/c1-13-7-8-15-14(11-13)18(23-22-15)19(25)20-9-4-10-24-12-21-16-5-2-3-6-17(16)24/h2-3,5-8,11-12H,4,9-10H2,1H3,(H,20,25)(H,22,23). The molecule has 0 aliphatic carbocycles. The van der Waals surface area contributed by atoms with E-state index in [-0.39, 0.29) is 5.91 Å². The first kappa shape index (κ1) is 15.4. The maximum atomic E-state index is 12.4. The molecule has 2 N–H and O–H groups in total. The van der Waals surface area contributed by atoms with Crippen molar-refractivity contribution in [3.63, 3.8) is 0 Å². The smallest absolute Gasteiger partial charge is 0.272 e. The molecule has 0 bridgehead atoms. The van der Waals surface area contributed by atoms with Crippen molar-refractivity contribution in [3.05, 3.63) is 60.0 Å². The molecule has 1 amide bonds. The first-order valence-corrected chi connectivity index (χ1v) is 8.35. The number of nitrogens with one attached hydrogen (secondary N) is 2. The van der Waals surface area contributed by atoms with Crippen LogP contribution in [0.4, 0.5) is 0 Å². The Labute approximate surface area is 144 Å². The first-order chi connectivity index (χ1) is 12.2. The molecule has 0 aliphatic heterocycles. The number of imidazole rings is 1. The third kappa shape index (κ3) is 2.98. The number of amides is 1. The molecule has 0 saturated carbocycles. The molecule has 0 spiro atoms. The van der Waals surface area contributed by atoms with Crippen molar-refractivity contribution >= 4 is 27.8 Å². The minimum absolute atomic E-state index is 0.146. The lowest BCUT2D eigenvalue weighted by molar-refractivity contribution is 0.0949. The van der Waals surface area contributed by atoms with Crippen LogP contribution in [0.25, 0.3) is 21.9 Å². The monoisotopic (exact) mass is 333 g/mol. The summed E-state index contributed by atoms with van der Waals surface area (Å²) in [7, 11) is 0. The van der Waals surface area contributed by atoms with Gasteiger partial charge in [0.25, 0.3) is 5.91 Å². The Morgan fingerprint density at radius 3 is 3.04 bits per heavy atom. The molecule has 4 aromatic rings. The highest BCUT2D eigenvalue weighted by Crippen LogP contribution is 2.17. The van der Waals surface area contributed by atoms with Crippen LogP contribution in [0.15, 0.2) is 48.8 Å². The Hall–Kier alpha value is -3.15. The summed E-state index contributed by atoms with van der Waals surface area (Å²) in [5, 5.41) is 10.9. The van der Waals surface area contributed by atoms with Crippen molar-refractivity contribution in [2.24, 2.45) is 0 Å². The van der Waals surface area contributed by atoms with Gasteiger partial charge in [0.15, 0.2) is 5.69 Å². The van der Waals surface area contributed by atoms with E-state index in [4.69, 9.17) is 0 Å². The Morgan fingerprint density at radius 1 is 1.24 bits per heavy atom. The lowest BCUT2D eigenvalue weighted by atomic mass is 10.1. The van der Waals surface area contributed by atoms with Gasteiger partial charge in [-0.1, -0.05) is 23.8 Å². The molecule has 6 heteroatoms. The van der Waals surface area contributed by atoms with Gasteiger partial charge in [0.2, 0.25) is 0 Å². The zero-order valence-corrected chi connectivity index (χ0v) is 14.0. The fourth-order valence-corrected chi connectivity index (χ4v) is 3.02. The molecule has 6 nitrogen and oxygen atoms in total. The fraction of sp³-hybridized carbons (Fsp3) is 0.211. The van der Waals surface area contributed by atoms with Crippen molar-refractivity contribution in [1.82, 2.24) is 25.1 Å². The molecule has 2 heterocycles. The summed E-state index contributed by atoms with van der Waals surface area (Å²) in [6, 6.07) is 14.0. The number of aromatic nitrogens is 4. The SMILES string of the molecule is Cc1ccc2[nH]nc(C(=O)NCCCn3cnc4ccccc43)c2c1. The second-order valence-corrected chi connectivity index (χ2v) is 6.16. The molecule has 0 unspecified atom stereocenters. The van der Waals surface area contributed by atoms with Crippen LogP contribution < -0.4 is 5.32 Å². The number of fused-ring (bicyclic) bond motifs is 2. The predicted molar refractivity (Wildman–Crippen MR) is 97.5 cm³/mol. The van der Waals surface area contributed by atoms with Crippen LogP contribution in [-0.2, 0) is 6.54 Å². The summed E-state index contributed by atoms with van der Waals surface area (Å²) in [6.45, 7) is 3.40. The highest BCUT2D eigenvalue weighted by molar-refractivity contribution is 6.04. The first-order valence-electron chi connectivity index (χ1n) is 8.35. The molecular weight excluding hydrogens is 314 g/mol. The Kier molecular flexibility index (Phi) is 3.93. The van der Waals surface area contributed by atoms with E-state index in [9.17, 15) is 4.79 Å². The predicted octanol–water partition coefficient (Wildman–Crippen LogP) is 3.04. The van der Waals surface area contributed by atoms with E-state index in [1.54, 1.807) is 0 Å². The number of H-pyrrole nitrogens is 1. The molecule has 2 aromatic heterocycles. The lowest BCUT2D eigenvalue weighted by Crippen LogP contribution is -2.25. The minimum atomic E-state index is -0.146. The van der Waals surface area contributed by atoms with Gasteiger partial charge in [0, 0.05) is 18.5 Å². The second-order valence-electron chi connectivity index (χ2n) is 6.16. The number of carbonyl (C=O) groups excluding carboxylic acids is 1. The summed E-state index contributed by atoms with van der Waals surface area (Å²) in [6.07, 6.45) is 2.67. The molecule has 126 valence electrons. The minimum Gasteiger partial charge on any atom is -0.351 e. The number of hydrogen-bond acceptors (Lipinski definition) is 3. The largest absolute Gasteiger partial charge is 0.351 e. The molecule has 0 saturated heterocycles. The average molecular weight is 333 g/mol. The molecule has 25 heavy (non-hydrogen) atoms. The van der Waals surface area contributed by atoms with Crippen molar-refractivity contribution in [1.29, 1.82) is 0 Å². The summed E-state index contributed by atoms with van der Waals surface area (Å²) >= 11 is 0. The Bertz CT molecular complexity index is 1050. The zero-order chi connectivity index (χ0) is 17.2. The summed E-state index contributed by atoms with van der Waals surface area (Å²) in [5.41, 5.74) is 4.54. The van der Waals surface area contributed by atoms with Crippen molar-refractivity contribution in [2.45, 2.75) is 19.9 Å². The van der Waals surface area contributed by atoms with Gasteiger partial charge >= 0.3 is 0 Å². The van der Waals surface area contributed by atoms with Crippen LogP contribution in [0.3, 0.4) is 0 Å². The Balaban J connectivity index is 1.38. The lowest BCUT2D eigenvalue weighted by Gasteiger charge is -2.06. The van der Waals surface area contributed by atoms with Gasteiger partial charge in [-0.2, -0.15) is 5.10 Å². The fourth-order valence-electron chi connectivity index (χ4n) is 3.02. The van der Waals surface area contributed by atoms with Gasteiger partial charge < -0.3 is 9.88 Å². The van der Waals surface area contributed by atoms with Gasteiger partial charge in [0.1, 0.15) is 0 Å². The molecule has 0 aliphatic rings. The van der Waals surface area contributed by atoms with E-state index in [0.29, 0.717) is 12.2 Å². The van der Waals surface area contributed by atoms with Gasteiger partial charge in [-0.05, 0) is 37.6 Å². The third-order valence-corrected chi connectivity index (χ3v) is 4.32. The van der Waals surface area contributed by atoms with Crippen LogP contribution in [0, 0.1) is 6.92 Å². The topological polar surface area (TPSA) is 75.6 Å². The quantitative estimate of drug-likeness (QED) is 0.551. The Morgan fingerprint density at radius 2 is 2.12 bits per heavy atom. The van der Waals surface area contributed by atoms with Crippen LogP contribution in [0.2, 0.25) is 0 Å². The molecule has 4 rings (SSSR count). The van der Waals surface area contributed by atoms with E-state index in [1.165, 1.54) is 0 Å². The molecule has 2 aromatic carbocycles. The van der Waals surface area contributed by atoms with Crippen LogP contribution in [-0.4, -0.2) is 32.2 Å². The molecular formula is C19H19N5O. The van der Waals surface area contributed by atoms with Crippen molar-refractivity contribution < 1.29 is 4.79 Å². The van der Waals surface area contributed by atoms with Gasteiger partial charge in [0.05, 0.1) is 22.9 Å². The highest BCUT2D eigenvalue weighted by Gasteiger charge is 2.13. The van der Waals surface area contributed by atoms with E-state index in [2.05, 4.69) is 31.1 Å². The number of hydrogen-bond donors (Lipinski definition) is 2.